The van der Waals surface area contributed by atoms with Crippen molar-refractivity contribution < 1.29 is 14.3 Å². The van der Waals surface area contributed by atoms with Gasteiger partial charge in [0.25, 0.3) is 5.91 Å². The number of carbonyl (C=O) groups is 1. The van der Waals surface area contributed by atoms with E-state index in [1.54, 1.807) is 32.4 Å². The number of anilines is 1. The van der Waals surface area contributed by atoms with Crippen LogP contribution >= 0.6 is 0 Å². The number of aromatic nitrogens is 2. The summed E-state index contributed by atoms with van der Waals surface area (Å²) >= 11 is 0. The van der Waals surface area contributed by atoms with Crippen LogP contribution in [0.15, 0.2) is 24.3 Å². The van der Waals surface area contributed by atoms with Crippen LogP contribution in [0.5, 0.6) is 11.5 Å². The third-order valence-electron chi connectivity index (χ3n) is 4.44. The molecule has 1 aliphatic heterocycles. The topological polar surface area (TPSA) is 67.8 Å². The second-order valence-electron chi connectivity index (χ2n) is 6.30. The van der Waals surface area contributed by atoms with E-state index in [9.17, 15) is 4.79 Å². The molecule has 0 spiro atoms. The van der Waals surface area contributed by atoms with Gasteiger partial charge in [0.1, 0.15) is 23.1 Å². The van der Waals surface area contributed by atoms with Crippen molar-refractivity contribution in [1.29, 1.82) is 0 Å². The molecule has 1 aromatic carbocycles. The quantitative estimate of drug-likeness (QED) is 0.835. The van der Waals surface area contributed by atoms with Gasteiger partial charge < -0.3 is 19.3 Å². The van der Waals surface area contributed by atoms with Crippen molar-refractivity contribution in [3.05, 3.63) is 41.3 Å². The van der Waals surface area contributed by atoms with E-state index < -0.39 is 0 Å². The maximum absolute atomic E-state index is 12.9. The summed E-state index contributed by atoms with van der Waals surface area (Å²) in [6.07, 6.45) is 0. The Morgan fingerprint density at radius 2 is 1.54 bits per heavy atom. The predicted octanol–water partition coefficient (Wildman–Crippen LogP) is 2.07. The molecule has 2 heterocycles. The summed E-state index contributed by atoms with van der Waals surface area (Å²) in [5.41, 5.74) is 1.53. The summed E-state index contributed by atoms with van der Waals surface area (Å²) < 4.78 is 10.5. The van der Waals surface area contributed by atoms with Crippen LogP contribution in [0.3, 0.4) is 0 Å². The van der Waals surface area contributed by atoms with Crippen LogP contribution in [-0.2, 0) is 0 Å². The summed E-state index contributed by atoms with van der Waals surface area (Å²) in [5, 5.41) is 0. The smallest absolute Gasteiger partial charge is 0.254 e. The minimum atomic E-state index is -0.0168. The standard InChI is InChI=1S/C19H24N4O3/c1-13-9-18(21-14(2)20-13)22-5-7-23(8-6-22)19(24)15-10-16(25-3)12-17(11-15)26-4/h9-12H,5-8H2,1-4H3. The maximum Gasteiger partial charge on any atom is 0.254 e. The average Bonchev–Trinajstić information content (AvgIpc) is 2.66. The summed E-state index contributed by atoms with van der Waals surface area (Å²) in [7, 11) is 3.15. The van der Waals surface area contributed by atoms with E-state index in [0.29, 0.717) is 30.2 Å². The predicted molar refractivity (Wildman–Crippen MR) is 99.2 cm³/mol. The van der Waals surface area contributed by atoms with Gasteiger partial charge in [0.05, 0.1) is 14.2 Å². The van der Waals surface area contributed by atoms with Crippen molar-refractivity contribution in [2.24, 2.45) is 0 Å². The molecule has 0 atom stereocenters. The molecule has 1 aliphatic rings. The highest BCUT2D eigenvalue weighted by atomic mass is 16.5. The summed E-state index contributed by atoms with van der Waals surface area (Å²) in [6, 6.07) is 7.23. The fourth-order valence-corrected chi connectivity index (χ4v) is 3.11. The van der Waals surface area contributed by atoms with E-state index in [0.717, 1.165) is 30.4 Å². The van der Waals surface area contributed by atoms with Crippen LogP contribution in [0.25, 0.3) is 0 Å². The summed E-state index contributed by atoms with van der Waals surface area (Å²) in [5.74, 6) is 2.89. The van der Waals surface area contributed by atoms with Crippen LogP contribution in [0.2, 0.25) is 0 Å². The molecule has 1 saturated heterocycles. The molecule has 0 N–H and O–H groups in total. The zero-order chi connectivity index (χ0) is 18.7. The number of rotatable bonds is 4. The van der Waals surface area contributed by atoms with Gasteiger partial charge in [-0.3, -0.25) is 4.79 Å². The number of hydrogen-bond donors (Lipinski definition) is 0. The number of hydrogen-bond acceptors (Lipinski definition) is 6. The molecule has 1 amide bonds. The zero-order valence-corrected chi connectivity index (χ0v) is 15.7. The summed E-state index contributed by atoms with van der Waals surface area (Å²) in [4.78, 5) is 25.7. The van der Waals surface area contributed by atoms with Gasteiger partial charge in [-0.05, 0) is 26.0 Å². The Bertz CT molecular complexity index is 759. The van der Waals surface area contributed by atoms with E-state index in [2.05, 4.69) is 14.9 Å². The van der Waals surface area contributed by atoms with Crippen LogP contribution < -0.4 is 14.4 Å². The lowest BCUT2D eigenvalue weighted by Gasteiger charge is -2.35. The molecule has 0 radical (unpaired) electrons. The number of aryl methyl sites for hydroxylation is 2. The fourth-order valence-electron chi connectivity index (χ4n) is 3.11. The lowest BCUT2D eigenvalue weighted by molar-refractivity contribution is 0.0745. The first-order chi connectivity index (χ1) is 12.5. The number of piperazine rings is 1. The molecule has 7 heteroatoms. The van der Waals surface area contributed by atoms with Crippen LogP contribution in [0, 0.1) is 13.8 Å². The number of nitrogens with zero attached hydrogens (tertiary/aromatic N) is 4. The lowest BCUT2D eigenvalue weighted by Crippen LogP contribution is -2.49. The first kappa shape index (κ1) is 18.0. The van der Waals surface area contributed by atoms with Gasteiger partial charge in [-0.15, -0.1) is 0 Å². The van der Waals surface area contributed by atoms with Gasteiger partial charge in [0.2, 0.25) is 0 Å². The summed E-state index contributed by atoms with van der Waals surface area (Å²) in [6.45, 7) is 6.62. The molecule has 7 nitrogen and oxygen atoms in total. The molecule has 26 heavy (non-hydrogen) atoms. The maximum atomic E-state index is 12.9. The number of ether oxygens (including phenoxy) is 2. The molecule has 0 unspecified atom stereocenters. The monoisotopic (exact) mass is 356 g/mol. The molecule has 138 valence electrons. The molecule has 0 bridgehead atoms. The van der Waals surface area contributed by atoms with Gasteiger partial charge in [-0.1, -0.05) is 0 Å². The minimum Gasteiger partial charge on any atom is -0.497 e. The molecule has 0 saturated carbocycles. The number of carbonyl (C=O) groups excluding carboxylic acids is 1. The lowest BCUT2D eigenvalue weighted by atomic mass is 10.1. The Kier molecular flexibility index (Phi) is 5.25. The number of methoxy groups -OCH3 is 2. The molecule has 0 aliphatic carbocycles. The van der Waals surface area contributed by atoms with Crippen molar-refractivity contribution in [3.8, 4) is 11.5 Å². The molecular weight excluding hydrogens is 332 g/mol. The van der Waals surface area contributed by atoms with Gasteiger partial charge in [0, 0.05) is 49.6 Å². The first-order valence-corrected chi connectivity index (χ1v) is 8.59. The SMILES string of the molecule is COc1cc(OC)cc(C(=O)N2CCN(c3cc(C)nc(C)n3)CC2)c1. The van der Waals surface area contributed by atoms with Gasteiger partial charge in [-0.25, -0.2) is 9.97 Å². The molecular formula is C19H24N4O3. The third kappa shape index (κ3) is 3.87. The van der Waals surface area contributed by atoms with Crippen molar-refractivity contribution in [2.45, 2.75) is 13.8 Å². The average molecular weight is 356 g/mol. The second-order valence-corrected chi connectivity index (χ2v) is 6.30. The van der Waals surface area contributed by atoms with Crippen LogP contribution in [0.1, 0.15) is 21.9 Å². The van der Waals surface area contributed by atoms with Crippen LogP contribution in [0.4, 0.5) is 5.82 Å². The van der Waals surface area contributed by atoms with E-state index in [-0.39, 0.29) is 5.91 Å². The number of benzene rings is 1. The zero-order valence-electron chi connectivity index (χ0n) is 15.7. The van der Waals surface area contributed by atoms with Crippen molar-refractivity contribution in [3.63, 3.8) is 0 Å². The molecule has 3 rings (SSSR count). The van der Waals surface area contributed by atoms with E-state index in [1.165, 1.54) is 0 Å². The van der Waals surface area contributed by atoms with Crippen molar-refractivity contribution in [2.75, 3.05) is 45.3 Å². The Labute approximate surface area is 153 Å². The van der Waals surface area contributed by atoms with Crippen LogP contribution in [-0.4, -0.2) is 61.2 Å². The number of amides is 1. The van der Waals surface area contributed by atoms with Gasteiger partial charge in [-0.2, -0.15) is 0 Å². The minimum absolute atomic E-state index is 0.0168. The molecule has 2 aromatic rings. The normalized spacial score (nSPS) is 14.3. The van der Waals surface area contributed by atoms with E-state index >= 15 is 0 Å². The highest BCUT2D eigenvalue weighted by molar-refractivity contribution is 5.95. The first-order valence-electron chi connectivity index (χ1n) is 8.59. The van der Waals surface area contributed by atoms with Gasteiger partial charge >= 0.3 is 0 Å². The Hall–Kier alpha value is -2.83. The van der Waals surface area contributed by atoms with E-state index in [4.69, 9.17) is 9.47 Å². The second kappa shape index (κ2) is 7.59. The third-order valence-corrected chi connectivity index (χ3v) is 4.44. The van der Waals surface area contributed by atoms with Crippen molar-refractivity contribution in [1.82, 2.24) is 14.9 Å². The Morgan fingerprint density at radius 3 is 2.08 bits per heavy atom. The Morgan fingerprint density at radius 1 is 0.923 bits per heavy atom. The fraction of sp³-hybridized carbons (Fsp3) is 0.421. The molecule has 1 aromatic heterocycles. The molecule has 1 fully saturated rings. The largest absolute Gasteiger partial charge is 0.497 e. The highest BCUT2D eigenvalue weighted by Crippen LogP contribution is 2.24. The van der Waals surface area contributed by atoms with E-state index in [1.807, 2.05) is 24.8 Å². The Balaban J connectivity index is 1.70. The van der Waals surface area contributed by atoms with Gasteiger partial charge in [0.15, 0.2) is 0 Å². The van der Waals surface area contributed by atoms with Crippen molar-refractivity contribution >= 4 is 11.7 Å². The highest BCUT2D eigenvalue weighted by Gasteiger charge is 2.24.